The van der Waals surface area contributed by atoms with Crippen molar-refractivity contribution < 1.29 is 4.74 Å². The molecule has 0 aromatic heterocycles. The van der Waals surface area contributed by atoms with E-state index in [2.05, 4.69) is 67.7 Å². The van der Waals surface area contributed by atoms with E-state index < -0.39 is 0 Å². The Bertz CT molecular complexity index is 465. The van der Waals surface area contributed by atoms with Gasteiger partial charge in [0.15, 0.2) is 0 Å². The molecule has 3 heteroatoms. The molecule has 1 atom stereocenters. The summed E-state index contributed by atoms with van der Waals surface area (Å²) >= 11 is 3.54. The summed E-state index contributed by atoms with van der Waals surface area (Å²) in [5.41, 5.74) is 1.42. The minimum absolute atomic E-state index is 0.0291. The molecule has 2 nitrogen and oxygen atoms in total. The van der Waals surface area contributed by atoms with Gasteiger partial charge >= 0.3 is 0 Å². The molecule has 0 bridgehead atoms. The summed E-state index contributed by atoms with van der Waals surface area (Å²) in [5.74, 6) is 0.863. The lowest BCUT2D eigenvalue weighted by molar-refractivity contribution is 0.322. The third-order valence-corrected chi connectivity index (χ3v) is 3.96. The third-order valence-electron chi connectivity index (χ3n) is 3.34. The van der Waals surface area contributed by atoms with Crippen molar-refractivity contribution in [3.63, 3.8) is 0 Å². The van der Waals surface area contributed by atoms with Gasteiger partial charge < -0.3 is 10.1 Å². The van der Waals surface area contributed by atoms with Crippen molar-refractivity contribution in [1.82, 2.24) is 5.32 Å². The van der Waals surface area contributed by atoms with E-state index in [0.717, 1.165) is 23.2 Å². The molecule has 0 amide bonds. The molecule has 1 N–H and O–H groups in total. The Morgan fingerprint density at radius 3 is 2.40 bits per heavy atom. The number of rotatable bonds is 6. The monoisotopic (exact) mass is 339 g/mol. The summed E-state index contributed by atoms with van der Waals surface area (Å²) in [4.78, 5) is 0. The van der Waals surface area contributed by atoms with Crippen LogP contribution in [0.4, 0.5) is 0 Å². The van der Waals surface area contributed by atoms with E-state index in [9.17, 15) is 0 Å². The van der Waals surface area contributed by atoms with E-state index in [1.54, 1.807) is 7.11 Å². The van der Waals surface area contributed by atoms with Crippen molar-refractivity contribution >= 4 is 15.9 Å². The molecule has 0 heterocycles. The molecule has 0 spiro atoms. The average Bonchev–Trinajstić information content (AvgIpc) is 2.36. The molecule has 1 unspecified atom stereocenters. The van der Waals surface area contributed by atoms with Gasteiger partial charge in [-0.3, -0.25) is 0 Å². The minimum atomic E-state index is 0.0291. The first kappa shape index (κ1) is 17.3. The Hall–Kier alpha value is -0.800. The van der Waals surface area contributed by atoms with Crippen LogP contribution >= 0.6 is 15.9 Å². The van der Waals surface area contributed by atoms with Crippen molar-refractivity contribution in [2.45, 2.75) is 39.7 Å². The SMILES string of the molecule is C=CC(C)(CNC(C)(C)C)Cc1ccc(OC)c(Br)c1. The van der Waals surface area contributed by atoms with Gasteiger partial charge in [0.2, 0.25) is 0 Å². The first-order chi connectivity index (χ1) is 9.19. The number of nitrogens with one attached hydrogen (secondary N) is 1. The van der Waals surface area contributed by atoms with Crippen LogP contribution in [0.3, 0.4) is 0 Å². The number of methoxy groups -OCH3 is 1. The van der Waals surface area contributed by atoms with E-state index >= 15 is 0 Å². The number of benzene rings is 1. The Kier molecular flexibility index (Phi) is 5.84. The lowest BCUT2D eigenvalue weighted by Crippen LogP contribution is -2.43. The van der Waals surface area contributed by atoms with Gasteiger partial charge in [0, 0.05) is 17.5 Å². The van der Waals surface area contributed by atoms with Crippen LogP contribution in [0.5, 0.6) is 5.75 Å². The maximum atomic E-state index is 5.27. The first-order valence-electron chi connectivity index (χ1n) is 6.90. The fraction of sp³-hybridized carbons (Fsp3) is 0.529. The number of hydrogen-bond donors (Lipinski definition) is 1. The van der Waals surface area contributed by atoms with Crippen LogP contribution in [0.15, 0.2) is 35.3 Å². The zero-order valence-electron chi connectivity index (χ0n) is 13.2. The molecule has 112 valence electrons. The maximum absolute atomic E-state index is 5.27. The normalized spacial score (nSPS) is 14.7. The summed E-state index contributed by atoms with van der Waals surface area (Å²) in [6.07, 6.45) is 2.99. The van der Waals surface area contributed by atoms with Crippen LogP contribution < -0.4 is 10.1 Å². The molecule has 0 radical (unpaired) electrons. The zero-order chi connectivity index (χ0) is 15.4. The molecule has 0 saturated heterocycles. The highest BCUT2D eigenvalue weighted by Crippen LogP contribution is 2.30. The first-order valence-corrected chi connectivity index (χ1v) is 7.69. The molecular formula is C17H26BrNO. The highest BCUT2D eigenvalue weighted by Gasteiger charge is 2.23. The lowest BCUT2D eigenvalue weighted by atomic mass is 9.83. The Morgan fingerprint density at radius 1 is 1.30 bits per heavy atom. The van der Waals surface area contributed by atoms with Crippen LogP contribution in [0, 0.1) is 5.41 Å². The van der Waals surface area contributed by atoms with Gasteiger partial charge in [-0.15, -0.1) is 6.58 Å². The summed E-state index contributed by atoms with van der Waals surface area (Å²) in [6, 6.07) is 6.24. The van der Waals surface area contributed by atoms with Crippen LogP contribution in [0.2, 0.25) is 0 Å². The molecular weight excluding hydrogens is 314 g/mol. The Labute approximate surface area is 131 Å². The van der Waals surface area contributed by atoms with Crippen molar-refractivity contribution in [2.24, 2.45) is 5.41 Å². The van der Waals surface area contributed by atoms with Crippen molar-refractivity contribution in [1.29, 1.82) is 0 Å². The predicted molar refractivity (Wildman–Crippen MR) is 90.5 cm³/mol. The lowest BCUT2D eigenvalue weighted by Gasteiger charge is -2.31. The highest BCUT2D eigenvalue weighted by molar-refractivity contribution is 9.10. The van der Waals surface area contributed by atoms with Crippen molar-refractivity contribution in [3.05, 3.63) is 40.9 Å². The molecule has 0 aliphatic rings. The van der Waals surface area contributed by atoms with Gasteiger partial charge in [0.1, 0.15) is 5.75 Å². The van der Waals surface area contributed by atoms with Crippen LogP contribution in [-0.4, -0.2) is 19.2 Å². The van der Waals surface area contributed by atoms with E-state index in [0.29, 0.717) is 0 Å². The van der Waals surface area contributed by atoms with Gasteiger partial charge in [-0.05, 0) is 60.8 Å². The average molecular weight is 340 g/mol. The van der Waals surface area contributed by atoms with Crippen LogP contribution in [0.1, 0.15) is 33.3 Å². The number of ether oxygens (including phenoxy) is 1. The van der Waals surface area contributed by atoms with Gasteiger partial charge in [-0.1, -0.05) is 19.1 Å². The quantitative estimate of drug-likeness (QED) is 0.766. The third kappa shape index (κ3) is 5.29. The maximum Gasteiger partial charge on any atom is 0.133 e. The molecule has 1 rings (SSSR count). The summed E-state index contributed by atoms with van der Waals surface area (Å²) < 4.78 is 6.26. The Balaban J connectivity index is 2.82. The van der Waals surface area contributed by atoms with Gasteiger partial charge in [0.05, 0.1) is 11.6 Å². The molecule has 1 aromatic carbocycles. The second kappa shape index (κ2) is 6.77. The molecule has 0 aliphatic carbocycles. The molecule has 0 aliphatic heterocycles. The van der Waals surface area contributed by atoms with Crippen LogP contribution in [0.25, 0.3) is 0 Å². The largest absolute Gasteiger partial charge is 0.496 e. The number of hydrogen-bond acceptors (Lipinski definition) is 2. The zero-order valence-corrected chi connectivity index (χ0v) is 14.8. The van der Waals surface area contributed by atoms with Crippen LogP contribution in [-0.2, 0) is 6.42 Å². The van der Waals surface area contributed by atoms with E-state index in [-0.39, 0.29) is 11.0 Å². The standard InChI is InChI=1S/C17H26BrNO/c1-7-17(5,12-19-16(2,3)4)11-13-8-9-15(20-6)14(18)10-13/h7-10,19H,1,11-12H2,2-6H3. The second-order valence-corrected chi connectivity index (χ2v) is 7.46. The smallest absolute Gasteiger partial charge is 0.133 e. The highest BCUT2D eigenvalue weighted by atomic mass is 79.9. The summed E-state index contributed by atoms with van der Waals surface area (Å²) in [7, 11) is 1.68. The van der Waals surface area contributed by atoms with Gasteiger partial charge in [-0.2, -0.15) is 0 Å². The molecule has 0 saturated carbocycles. The number of halogens is 1. The van der Waals surface area contributed by atoms with Crippen molar-refractivity contribution in [3.8, 4) is 5.75 Å². The fourth-order valence-electron chi connectivity index (χ4n) is 1.96. The minimum Gasteiger partial charge on any atom is -0.496 e. The molecule has 20 heavy (non-hydrogen) atoms. The molecule has 1 aromatic rings. The molecule has 0 fully saturated rings. The van der Waals surface area contributed by atoms with E-state index in [4.69, 9.17) is 4.74 Å². The summed E-state index contributed by atoms with van der Waals surface area (Å²) in [5, 5.41) is 3.56. The topological polar surface area (TPSA) is 21.3 Å². The van der Waals surface area contributed by atoms with E-state index in [1.807, 2.05) is 12.1 Å². The second-order valence-electron chi connectivity index (χ2n) is 6.61. The summed E-state index contributed by atoms with van der Waals surface area (Å²) in [6.45, 7) is 13.7. The predicted octanol–water partition coefficient (Wildman–Crippen LogP) is 4.58. The fourth-order valence-corrected chi connectivity index (χ4v) is 2.55. The van der Waals surface area contributed by atoms with Gasteiger partial charge in [0.25, 0.3) is 0 Å². The van der Waals surface area contributed by atoms with Gasteiger partial charge in [-0.25, -0.2) is 0 Å². The Morgan fingerprint density at radius 2 is 1.95 bits per heavy atom. The van der Waals surface area contributed by atoms with Crippen molar-refractivity contribution in [2.75, 3.05) is 13.7 Å². The van der Waals surface area contributed by atoms with E-state index in [1.165, 1.54) is 5.56 Å².